The van der Waals surface area contributed by atoms with E-state index in [1.165, 1.54) is 17.7 Å². The van der Waals surface area contributed by atoms with Crippen molar-refractivity contribution in [2.24, 2.45) is 0 Å². The fourth-order valence-electron chi connectivity index (χ4n) is 3.10. The van der Waals surface area contributed by atoms with E-state index in [9.17, 15) is 14.4 Å². The molecule has 1 aromatic heterocycles. The Morgan fingerprint density at radius 3 is 2.55 bits per heavy atom. The van der Waals surface area contributed by atoms with Crippen molar-refractivity contribution < 1.29 is 14.3 Å². The highest BCUT2D eigenvalue weighted by Crippen LogP contribution is 2.26. The number of carbonyl (C=O) groups excluding carboxylic acids is 2. The third-order valence-corrected chi connectivity index (χ3v) is 5.24. The van der Waals surface area contributed by atoms with Gasteiger partial charge in [-0.25, -0.2) is 0 Å². The van der Waals surface area contributed by atoms with Crippen molar-refractivity contribution in [1.29, 1.82) is 0 Å². The van der Waals surface area contributed by atoms with E-state index in [1.54, 1.807) is 35.4 Å². The number of amides is 2. The zero-order chi connectivity index (χ0) is 21.0. The highest BCUT2D eigenvalue weighted by atomic mass is 79.9. The molecule has 0 radical (unpaired) electrons. The predicted octanol–water partition coefficient (Wildman–Crippen LogP) is 1.65. The zero-order valence-corrected chi connectivity index (χ0v) is 17.9. The normalized spacial score (nSPS) is 14.5. The van der Waals surface area contributed by atoms with E-state index in [4.69, 9.17) is 4.74 Å². The fourth-order valence-corrected chi connectivity index (χ4v) is 3.48. The van der Waals surface area contributed by atoms with Crippen molar-refractivity contribution >= 4 is 33.4 Å². The number of likely N-dealkylation sites (N-methyl/N-ethyl adjacent to an activating group) is 1. The Labute approximate surface area is 177 Å². The number of nitrogens with zero attached hydrogens (tertiary/aromatic N) is 3. The summed E-state index contributed by atoms with van der Waals surface area (Å²) in [6, 6.07) is 7.96. The molecule has 29 heavy (non-hydrogen) atoms. The lowest BCUT2D eigenvalue weighted by atomic mass is 10.1. The molecule has 8 nitrogen and oxygen atoms in total. The molecule has 1 aliphatic heterocycles. The maximum atomic E-state index is 12.8. The van der Waals surface area contributed by atoms with Crippen molar-refractivity contribution in [3.63, 3.8) is 0 Å². The summed E-state index contributed by atoms with van der Waals surface area (Å²) in [4.78, 5) is 41.2. The van der Waals surface area contributed by atoms with Gasteiger partial charge in [0.15, 0.2) is 0 Å². The Bertz CT molecular complexity index is 967. The van der Waals surface area contributed by atoms with Gasteiger partial charge in [0, 0.05) is 48.5 Å². The molecule has 9 heteroatoms. The predicted molar refractivity (Wildman–Crippen MR) is 113 cm³/mol. The van der Waals surface area contributed by atoms with Gasteiger partial charge in [-0.3, -0.25) is 14.4 Å². The second kappa shape index (κ2) is 9.23. The number of hydrogen-bond donors (Lipinski definition) is 1. The van der Waals surface area contributed by atoms with Crippen LogP contribution in [0, 0.1) is 0 Å². The summed E-state index contributed by atoms with van der Waals surface area (Å²) in [5.74, 6) is -0.0398. The lowest BCUT2D eigenvalue weighted by Gasteiger charge is -2.32. The molecule has 1 aliphatic rings. The van der Waals surface area contributed by atoms with Gasteiger partial charge in [-0.15, -0.1) is 0 Å². The monoisotopic (exact) mass is 462 g/mol. The molecule has 0 spiro atoms. The Morgan fingerprint density at radius 1 is 1.14 bits per heavy atom. The highest BCUT2D eigenvalue weighted by Gasteiger charge is 2.21. The number of ether oxygens (including phenoxy) is 1. The minimum atomic E-state index is -0.396. The summed E-state index contributed by atoms with van der Waals surface area (Å²) in [6.45, 7) is 2.82. The highest BCUT2D eigenvalue weighted by molar-refractivity contribution is 9.10. The summed E-state index contributed by atoms with van der Waals surface area (Å²) in [5.41, 5.74) is 0.583. The standard InChI is InChI=1S/C20H23BrN4O4/c1-23-7-9-24(10-8-23)20(28)14-3-5-17(29-2)16(11-14)22-18(26)13-25-12-15(21)4-6-19(25)27/h3-6,11-12H,7-10,13H2,1-2H3,(H,22,26). The molecule has 2 amide bonds. The van der Waals surface area contributed by atoms with Gasteiger partial charge in [0.25, 0.3) is 11.5 Å². The molecule has 0 unspecified atom stereocenters. The maximum Gasteiger partial charge on any atom is 0.254 e. The Morgan fingerprint density at radius 2 is 1.86 bits per heavy atom. The molecular weight excluding hydrogens is 440 g/mol. The van der Waals surface area contributed by atoms with Crippen molar-refractivity contribution in [2.45, 2.75) is 6.54 Å². The van der Waals surface area contributed by atoms with Gasteiger partial charge in [-0.2, -0.15) is 0 Å². The van der Waals surface area contributed by atoms with Crippen LogP contribution in [0.15, 0.2) is 45.8 Å². The molecule has 0 bridgehead atoms. The minimum Gasteiger partial charge on any atom is -0.495 e. The molecule has 2 heterocycles. The number of benzene rings is 1. The van der Waals surface area contributed by atoms with Gasteiger partial charge in [-0.1, -0.05) is 0 Å². The molecule has 3 rings (SSSR count). The van der Waals surface area contributed by atoms with Gasteiger partial charge < -0.3 is 24.4 Å². The molecule has 2 aromatic rings. The van der Waals surface area contributed by atoms with Crippen LogP contribution in [-0.4, -0.2) is 66.5 Å². The smallest absolute Gasteiger partial charge is 0.254 e. The van der Waals surface area contributed by atoms with Crippen molar-refractivity contribution in [1.82, 2.24) is 14.4 Å². The number of halogens is 1. The number of rotatable bonds is 5. The van der Waals surface area contributed by atoms with Gasteiger partial charge >= 0.3 is 0 Å². The first kappa shape index (κ1) is 21.1. The quantitative estimate of drug-likeness (QED) is 0.729. The largest absolute Gasteiger partial charge is 0.495 e. The van der Waals surface area contributed by atoms with Crippen LogP contribution in [-0.2, 0) is 11.3 Å². The first-order valence-corrected chi connectivity index (χ1v) is 9.98. The molecule has 1 aromatic carbocycles. The third-order valence-electron chi connectivity index (χ3n) is 4.77. The van der Waals surface area contributed by atoms with E-state index < -0.39 is 5.91 Å². The molecule has 1 fully saturated rings. The van der Waals surface area contributed by atoms with Gasteiger partial charge in [0.05, 0.1) is 12.8 Å². The van der Waals surface area contributed by atoms with Crippen molar-refractivity contribution in [2.75, 3.05) is 45.7 Å². The van der Waals surface area contributed by atoms with Crippen LogP contribution in [0.2, 0.25) is 0 Å². The maximum absolute atomic E-state index is 12.8. The summed E-state index contributed by atoms with van der Waals surface area (Å²) in [7, 11) is 3.52. The van der Waals surface area contributed by atoms with Gasteiger partial charge in [0.2, 0.25) is 5.91 Å². The van der Waals surface area contributed by atoms with E-state index in [0.717, 1.165) is 13.1 Å². The number of methoxy groups -OCH3 is 1. The second-order valence-electron chi connectivity index (χ2n) is 6.87. The average Bonchev–Trinajstić information content (AvgIpc) is 2.70. The Kier molecular flexibility index (Phi) is 6.71. The van der Waals surface area contributed by atoms with Gasteiger partial charge in [0.1, 0.15) is 12.3 Å². The number of aromatic nitrogens is 1. The molecule has 1 N–H and O–H groups in total. The van der Waals surface area contributed by atoms with Crippen LogP contribution in [0.1, 0.15) is 10.4 Å². The van der Waals surface area contributed by atoms with Crippen LogP contribution in [0.3, 0.4) is 0 Å². The van der Waals surface area contributed by atoms with Gasteiger partial charge in [-0.05, 0) is 47.2 Å². The number of anilines is 1. The van der Waals surface area contributed by atoms with E-state index in [2.05, 4.69) is 26.1 Å². The third kappa shape index (κ3) is 5.24. The molecular formula is C20H23BrN4O4. The van der Waals surface area contributed by atoms with Crippen LogP contribution in [0.5, 0.6) is 5.75 Å². The van der Waals surface area contributed by atoms with E-state index >= 15 is 0 Å². The van der Waals surface area contributed by atoms with E-state index in [1.807, 2.05) is 7.05 Å². The SMILES string of the molecule is COc1ccc(C(=O)N2CCN(C)CC2)cc1NC(=O)Cn1cc(Br)ccc1=O. The summed E-state index contributed by atoms with van der Waals surface area (Å²) in [5, 5.41) is 2.74. The Hall–Kier alpha value is -2.65. The van der Waals surface area contributed by atoms with Crippen molar-refractivity contribution in [3.8, 4) is 5.75 Å². The first-order valence-electron chi connectivity index (χ1n) is 9.19. The minimum absolute atomic E-state index is 0.0838. The first-order chi connectivity index (χ1) is 13.9. The van der Waals surface area contributed by atoms with Crippen LogP contribution in [0.4, 0.5) is 5.69 Å². The molecule has 154 valence electrons. The lowest BCUT2D eigenvalue weighted by Crippen LogP contribution is -2.47. The molecule has 0 aliphatic carbocycles. The van der Waals surface area contributed by atoms with Crippen LogP contribution >= 0.6 is 15.9 Å². The molecule has 0 atom stereocenters. The summed E-state index contributed by atoms with van der Waals surface area (Å²) in [6.07, 6.45) is 1.55. The van der Waals surface area contributed by atoms with E-state index in [-0.39, 0.29) is 18.0 Å². The number of carbonyl (C=O) groups is 2. The number of pyridine rings is 1. The van der Waals surface area contributed by atoms with Crippen LogP contribution < -0.4 is 15.6 Å². The number of hydrogen-bond acceptors (Lipinski definition) is 5. The number of piperazine rings is 1. The lowest BCUT2D eigenvalue weighted by molar-refractivity contribution is -0.116. The fraction of sp³-hybridized carbons (Fsp3) is 0.350. The van der Waals surface area contributed by atoms with E-state index in [0.29, 0.717) is 34.6 Å². The summed E-state index contributed by atoms with van der Waals surface area (Å²) >= 11 is 3.29. The molecule has 1 saturated heterocycles. The average molecular weight is 463 g/mol. The van der Waals surface area contributed by atoms with Crippen LogP contribution in [0.25, 0.3) is 0 Å². The van der Waals surface area contributed by atoms with Crippen molar-refractivity contribution in [3.05, 3.63) is 56.9 Å². The number of nitrogens with one attached hydrogen (secondary N) is 1. The second-order valence-corrected chi connectivity index (χ2v) is 7.79. The topological polar surface area (TPSA) is 83.9 Å². The molecule has 0 saturated carbocycles. The zero-order valence-electron chi connectivity index (χ0n) is 16.4. The Balaban J connectivity index is 1.76. The summed E-state index contributed by atoms with van der Waals surface area (Å²) < 4.78 is 7.30.